The molecule has 1 aliphatic heterocycles. The van der Waals surface area contributed by atoms with Crippen LogP contribution in [0.2, 0.25) is 0 Å². The maximum absolute atomic E-state index is 9.65. The third-order valence-corrected chi connectivity index (χ3v) is 4.73. The normalized spacial score (nSPS) is 15.7. The summed E-state index contributed by atoms with van der Waals surface area (Å²) in [7, 11) is 3.08. The first kappa shape index (κ1) is 17.9. The number of nitrogen functional groups attached to an aromatic ring is 2. The van der Waals surface area contributed by atoms with E-state index in [1.54, 1.807) is 25.3 Å². The molecule has 8 heteroatoms. The Kier molecular flexibility index (Phi) is 4.68. The van der Waals surface area contributed by atoms with Crippen molar-refractivity contribution in [2.45, 2.75) is 6.23 Å². The second-order valence-corrected chi connectivity index (χ2v) is 6.43. The van der Waals surface area contributed by atoms with E-state index in [4.69, 9.17) is 31.4 Å². The lowest BCUT2D eigenvalue weighted by atomic mass is 9.89. The summed E-state index contributed by atoms with van der Waals surface area (Å²) >= 11 is 3.47. The molecule has 3 rings (SSSR count). The van der Waals surface area contributed by atoms with Gasteiger partial charge in [0.15, 0.2) is 23.5 Å². The molecule has 0 aliphatic carbocycles. The summed E-state index contributed by atoms with van der Waals surface area (Å²) in [6, 6.07) is 9.14. The molecule has 134 valence electrons. The van der Waals surface area contributed by atoms with Gasteiger partial charge in [-0.3, -0.25) is 5.73 Å². The summed E-state index contributed by atoms with van der Waals surface area (Å²) < 4.78 is 17.1. The number of rotatable bonds is 3. The van der Waals surface area contributed by atoms with Gasteiger partial charge in [-0.1, -0.05) is 0 Å². The highest BCUT2D eigenvalue weighted by Crippen LogP contribution is 2.46. The van der Waals surface area contributed by atoms with Crippen LogP contribution in [0.5, 0.6) is 17.2 Å². The van der Waals surface area contributed by atoms with Crippen molar-refractivity contribution >= 4 is 32.9 Å². The van der Waals surface area contributed by atoms with Gasteiger partial charge in [0.2, 0.25) is 0 Å². The summed E-state index contributed by atoms with van der Waals surface area (Å²) in [5.74, 6) is 1.41. The maximum atomic E-state index is 9.65. The van der Waals surface area contributed by atoms with Gasteiger partial charge in [-0.25, -0.2) is 0 Å². The maximum Gasteiger partial charge on any atom is 0.184 e. The number of nitrogens with zero attached hydrogens (tertiary/aromatic N) is 1. The predicted octanol–water partition coefficient (Wildman–Crippen LogP) is 2.63. The minimum atomic E-state index is -0.960. The minimum Gasteiger partial charge on any atom is -0.493 e. The van der Waals surface area contributed by atoms with E-state index in [0.29, 0.717) is 44.1 Å². The molecule has 1 atom stereocenters. The summed E-state index contributed by atoms with van der Waals surface area (Å²) in [6.07, 6.45) is -0.960. The van der Waals surface area contributed by atoms with E-state index in [9.17, 15) is 5.26 Å². The molecular weight excluding hydrogens is 400 g/mol. The van der Waals surface area contributed by atoms with Gasteiger partial charge >= 0.3 is 0 Å². The second kappa shape index (κ2) is 6.78. The predicted molar refractivity (Wildman–Crippen MR) is 103 cm³/mol. The molecule has 0 amide bonds. The molecule has 2 aromatic rings. The first-order valence-electron chi connectivity index (χ1n) is 7.59. The van der Waals surface area contributed by atoms with E-state index < -0.39 is 6.23 Å². The SMILES string of the molecule is COc1cc(C2=C(C#N)C(N)Oc3c2ccc(N)c3N)cc(Br)c1OC. The summed E-state index contributed by atoms with van der Waals surface area (Å²) in [5, 5.41) is 9.65. The van der Waals surface area contributed by atoms with Crippen LogP contribution in [0.25, 0.3) is 5.57 Å². The fourth-order valence-corrected chi connectivity index (χ4v) is 3.51. The lowest BCUT2D eigenvalue weighted by Gasteiger charge is -2.28. The highest BCUT2D eigenvalue weighted by atomic mass is 79.9. The summed E-state index contributed by atoms with van der Waals surface area (Å²) in [5.41, 5.74) is 20.9. The largest absolute Gasteiger partial charge is 0.493 e. The minimum absolute atomic E-state index is 0.279. The molecule has 0 saturated heterocycles. The molecule has 0 saturated carbocycles. The molecular formula is C18H17BrN4O3. The Morgan fingerprint density at radius 2 is 1.92 bits per heavy atom. The van der Waals surface area contributed by atoms with E-state index in [0.717, 1.165) is 0 Å². The second-order valence-electron chi connectivity index (χ2n) is 5.58. The number of fused-ring (bicyclic) bond motifs is 1. The smallest absolute Gasteiger partial charge is 0.184 e. The Hall–Kier alpha value is -2.89. The average molecular weight is 417 g/mol. The van der Waals surface area contributed by atoms with Crippen LogP contribution >= 0.6 is 15.9 Å². The van der Waals surface area contributed by atoms with E-state index in [2.05, 4.69) is 22.0 Å². The Morgan fingerprint density at radius 1 is 1.19 bits per heavy atom. The Labute approximate surface area is 159 Å². The molecule has 1 aliphatic rings. The molecule has 7 nitrogen and oxygen atoms in total. The quantitative estimate of drug-likeness (QED) is 0.655. The van der Waals surface area contributed by atoms with Gasteiger partial charge in [0, 0.05) is 11.1 Å². The number of nitriles is 1. The summed E-state index contributed by atoms with van der Waals surface area (Å²) in [6.45, 7) is 0. The third kappa shape index (κ3) is 2.71. The molecule has 1 heterocycles. The molecule has 6 N–H and O–H groups in total. The van der Waals surface area contributed by atoms with Crippen LogP contribution in [0.3, 0.4) is 0 Å². The standard InChI is InChI=1S/C18H17BrN4O3/c1-24-13-6-8(5-11(19)17(13)25-2)14-9-3-4-12(21)15(22)16(9)26-18(23)10(14)7-20/h3-6,18H,21-23H2,1-2H3. The molecule has 26 heavy (non-hydrogen) atoms. The van der Waals surface area contributed by atoms with Crippen LogP contribution in [0.4, 0.5) is 11.4 Å². The van der Waals surface area contributed by atoms with Crippen molar-refractivity contribution in [1.82, 2.24) is 0 Å². The van der Waals surface area contributed by atoms with Gasteiger partial charge in [-0.15, -0.1) is 0 Å². The number of nitrogens with two attached hydrogens (primary N) is 3. The van der Waals surface area contributed by atoms with Crippen molar-refractivity contribution in [3.05, 3.63) is 45.4 Å². The molecule has 2 aromatic carbocycles. The van der Waals surface area contributed by atoms with Crippen molar-refractivity contribution in [3.63, 3.8) is 0 Å². The molecule has 0 fully saturated rings. The van der Waals surface area contributed by atoms with E-state index in [1.165, 1.54) is 7.11 Å². The van der Waals surface area contributed by atoms with Gasteiger partial charge in [0.05, 0.1) is 35.6 Å². The van der Waals surface area contributed by atoms with Crippen LogP contribution in [-0.4, -0.2) is 20.4 Å². The monoisotopic (exact) mass is 416 g/mol. The zero-order chi connectivity index (χ0) is 19.0. The fraction of sp³-hybridized carbons (Fsp3) is 0.167. The van der Waals surface area contributed by atoms with Crippen molar-refractivity contribution in [2.24, 2.45) is 5.73 Å². The van der Waals surface area contributed by atoms with E-state index in [-0.39, 0.29) is 11.3 Å². The molecule has 0 radical (unpaired) electrons. The lowest BCUT2D eigenvalue weighted by Crippen LogP contribution is -2.33. The topological polar surface area (TPSA) is 130 Å². The number of hydrogen-bond acceptors (Lipinski definition) is 7. The Bertz CT molecular complexity index is 966. The number of hydrogen-bond donors (Lipinski definition) is 3. The molecule has 0 bridgehead atoms. The number of benzene rings is 2. The molecule has 1 unspecified atom stereocenters. The van der Waals surface area contributed by atoms with Crippen molar-refractivity contribution < 1.29 is 14.2 Å². The van der Waals surface area contributed by atoms with Gasteiger partial charge in [-0.2, -0.15) is 5.26 Å². The Morgan fingerprint density at radius 3 is 2.54 bits per heavy atom. The van der Waals surface area contributed by atoms with Crippen LogP contribution in [0, 0.1) is 11.3 Å². The van der Waals surface area contributed by atoms with Crippen molar-refractivity contribution in [1.29, 1.82) is 5.26 Å². The zero-order valence-electron chi connectivity index (χ0n) is 14.2. The van der Waals surface area contributed by atoms with Crippen LogP contribution < -0.4 is 31.4 Å². The fourth-order valence-electron chi connectivity index (χ4n) is 2.90. The van der Waals surface area contributed by atoms with Crippen LogP contribution in [0.1, 0.15) is 11.1 Å². The Balaban J connectivity index is 2.34. The average Bonchev–Trinajstić information content (AvgIpc) is 2.63. The highest BCUT2D eigenvalue weighted by molar-refractivity contribution is 9.10. The molecule has 0 aromatic heterocycles. The van der Waals surface area contributed by atoms with Gasteiger partial charge in [0.1, 0.15) is 6.07 Å². The zero-order valence-corrected chi connectivity index (χ0v) is 15.8. The highest BCUT2D eigenvalue weighted by Gasteiger charge is 2.30. The number of anilines is 2. The molecule has 0 spiro atoms. The first-order valence-corrected chi connectivity index (χ1v) is 8.38. The number of halogens is 1. The van der Waals surface area contributed by atoms with Crippen molar-refractivity contribution in [3.8, 4) is 23.3 Å². The first-order chi connectivity index (χ1) is 12.4. The van der Waals surface area contributed by atoms with Gasteiger partial charge in [0.25, 0.3) is 0 Å². The van der Waals surface area contributed by atoms with E-state index >= 15 is 0 Å². The number of methoxy groups -OCH3 is 2. The van der Waals surface area contributed by atoms with Crippen LogP contribution in [0.15, 0.2) is 34.3 Å². The summed E-state index contributed by atoms with van der Waals surface area (Å²) in [4.78, 5) is 0. The lowest BCUT2D eigenvalue weighted by molar-refractivity contribution is 0.247. The van der Waals surface area contributed by atoms with Gasteiger partial charge < -0.3 is 25.7 Å². The third-order valence-electron chi connectivity index (χ3n) is 4.14. The van der Waals surface area contributed by atoms with E-state index in [1.807, 2.05) is 6.07 Å². The van der Waals surface area contributed by atoms with Gasteiger partial charge in [-0.05, 0) is 45.8 Å². The number of ether oxygens (including phenoxy) is 3. The van der Waals surface area contributed by atoms with Crippen molar-refractivity contribution in [2.75, 3.05) is 25.7 Å². The van der Waals surface area contributed by atoms with Crippen LogP contribution in [-0.2, 0) is 0 Å².